The molecule has 9 aromatic rings. The van der Waals surface area contributed by atoms with Crippen molar-refractivity contribution in [1.82, 2.24) is 9.97 Å². The van der Waals surface area contributed by atoms with Crippen LogP contribution in [0, 0.1) is 6.07 Å². The van der Waals surface area contributed by atoms with Crippen LogP contribution in [0.1, 0.15) is 0 Å². The Hall–Kier alpha value is -4.83. The van der Waals surface area contributed by atoms with Crippen LogP contribution in [0.25, 0.3) is 86.8 Å². The number of pyridine rings is 2. The first-order valence-corrected chi connectivity index (χ1v) is 14.9. The largest absolute Gasteiger partial charge is 0.506 e. The average Bonchev–Trinajstić information content (AvgIpc) is 3.64. The van der Waals surface area contributed by atoms with E-state index in [4.69, 9.17) is 14.4 Å². The Morgan fingerprint density at radius 1 is 0.636 bits per heavy atom. The molecule has 0 fully saturated rings. The number of aromatic hydroxyl groups is 1. The molecule has 0 atom stereocenters. The van der Waals surface area contributed by atoms with Gasteiger partial charge in [-0.15, -0.1) is 47.2 Å². The van der Waals surface area contributed by atoms with E-state index in [2.05, 4.69) is 42.5 Å². The van der Waals surface area contributed by atoms with E-state index < -0.39 is 0 Å². The van der Waals surface area contributed by atoms with Crippen molar-refractivity contribution in [2.24, 2.45) is 0 Å². The molecule has 0 spiro atoms. The molecule has 0 aliphatic rings. The standard InChI is InChI=1S/C38H21N2O2S.Pt/c41-36-25-15-5-4-14-24(25)33-26-16-6-8-19-31(26)42-37(33)34(36)35-38-27(23-13-7-9-20-32(23)43-38)21-30(40-35)29-18-10-17-28(39-29)22-11-2-1-3-12-22;/h1-11,13-21,41H;/q-1;. The fourth-order valence-corrected chi connectivity index (χ4v) is 7.34. The van der Waals surface area contributed by atoms with E-state index in [1.54, 1.807) is 11.3 Å². The maximum absolute atomic E-state index is 12.0. The number of benzene rings is 5. The van der Waals surface area contributed by atoms with Gasteiger partial charge in [-0.05, 0) is 35.3 Å². The maximum Gasteiger partial charge on any atom is 0.149 e. The van der Waals surface area contributed by atoms with Gasteiger partial charge in [0.25, 0.3) is 0 Å². The first-order chi connectivity index (χ1) is 21.2. The summed E-state index contributed by atoms with van der Waals surface area (Å²) in [6.45, 7) is 0. The summed E-state index contributed by atoms with van der Waals surface area (Å²) in [6, 6.07) is 43.6. The number of aromatic nitrogens is 2. The van der Waals surface area contributed by atoms with Gasteiger partial charge in [0.15, 0.2) is 0 Å². The molecule has 212 valence electrons. The van der Waals surface area contributed by atoms with Crippen LogP contribution in [-0.4, -0.2) is 15.1 Å². The summed E-state index contributed by atoms with van der Waals surface area (Å²) in [7, 11) is 0. The number of hydrogen-bond acceptors (Lipinski definition) is 5. The fourth-order valence-electron chi connectivity index (χ4n) is 6.16. The van der Waals surface area contributed by atoms with Gasteiger partial charge in [-0.25, -0.2) is 4.98 Å². The molecule has 0 saturated heterocycles. The van der Waals surface area contributed by atoms with E-state index in [0.29, 0.717) is 16.8 Å². The smallest absolute Gasteiger partial charge is 0.149 e. The molecule has 0 bridgehead atoms. The first kappa shape index (κ1) is 26.8. The molecule has 4 aromatic heterocycles. The number of fused-ring (bicyclic) bond motifs is 8. The molecule has 0 aliphatic carbocycles. The molecule has 5 aromatic carbocycles. The average molecular weight is 765 g/mol. The van der Waals surface area contributed by atoms with Gasteiger partial charge in [0.1, 0.15) is 16.9 Å². The zero-order chi connectivity index (χ0) is 28.5. The zero-order valence-corrected chi connectivity index (χ0v) is 26.1. The van der Waals surface area contributed by atoms with Gasteiger partial charge in [-0.2, -0.15) is 0 Å². The van der Waals surface area contributed by atoms with Crippen LogP contribution >= 0.6 is 11.3 Å². The third-order valence-corrected chi connectivity index (χ3v) is 9.30. The summed E-state index contributed by atoms with van der Waals surface area (Å²) < 4.78 is 8.70. The third-order valence-electron chi connectivity index (χ3n) is 8.11. The molecule has 0 aliphatic heterocycles. The molecule has 9 rings (SSSR count). The number of phenolic OH excluding ortho intramolecular Hbond substituents is 1. The summed E-state index contributed by atoms with van der Waals surface area (Å²) in [5.74, 6) is 0.158. The van der Waals surface area contributed by atoms with Gasteiger partial charge < -0.3 is 9.52 Å². The summed E-state index contributed by atoms with van der Waals surface area (Å²) in [4.78, 5) is 10.3. The third kappa shape index (κ3) is 4.01. The minimum absolute atomic E-state index is 0. The molecule has 0 amide bonds. The normalized spacial score (nSPS) is 11.5. The van der Waals surface area contributed by atoms with E-state index in [1.807, 2.05) is 84.9 Å². The van der Waals surface area contributed by atoms with Crippen molar-refractivity contribution in [2.75, 3.05) is 0 Å². The Morgan fingerprint density at radius 3 is 2.20 bits per heavy atom. The Kier molecular flexibility index (Phi) is 6.33. The van der Waals surface area contributed by atoms with Crippen LogP contribution in [0.3, 0.4) is 0 Å². The van der Waals surface area contributed by atoms with E-state index in [0.717, 1.165) is 69.9 Å². The Bertz CT molecular complexity index is 2540. The van der Waals surface area contributed by atoms with E-state index in [-0.39, 0.29) is 26.8 Å². The number of phenols is 1. The second-order valence-electron chi connectivity index (χ2n) is 10.6. The van der Waals surface area contributed by atoms with Crippen LogP contribution in [0.5, 0.6) is 5.75 Å². The van der Waals surface area contributed by atoms with Gasteiger partial charge in [0.2, 0.25) is 0 Å². The molecular weight excluding hydrogens is 744 g/mol. The molecule has 4 nitrogen and oxygen atoms in total. The predicted octanol–water partition coefficient (Wildman–Crippen LogP) is 10.4. The van der Waals surface area contributed by atoms with Gasteiger partial charge in [-0.1, -0.05) is 72.8 Å². The van der Waals surface area contributed by atoms with E-state index >= 15 is 0 Å². The summed E-state index contributed by atoms with van der Waals surface area (Å²) in [5.41, 5.74) is 5.88. The minimum atomic E-state index is 0. The van der Waals surface area contributed by atoms with Gasteiger partial charge in [0.05, 0.1) is 27.3 Å². The number of nitrogens with zero attached hydrogens (tertiary/aromatic N) is 2. The van der Waals surface area contributed by atoms with Crippen molar-refractivity contribution in [3.05, 3.63) is 127 Å². The Morgan fingerprint density at radius 2 is 1.36 bits per heavy atom. The van der Waals surface area contributed by atoms with Crippen molar-refractivity contribution in [3.8, 4) is 39.7 Å². The molecule has 0 unspecified atom stereocenters. The van der Waals surface area contributed by atoms with Crippen molar-refractivity contribution in [1.29, 1.82) is 0 Å². The van der Waals surface area contributed by atoms with Crippen LogP contribution < -0.4 is 0 Å². The van der Waals surface area contributed by atoms with Crippen molar-refractivity contribution in [2.45, 2.75) is 0 Å². The van der Waals surface area contributed by atoms with Gasteiger partial charge >= 0.3 is 0 Å². The van der Waals surface area contributed by atoms with E-state index in [1.165, 1.54) is 0 Å². The number of rotatable bonds is 3. The monoisotopic (exact) mass is 764 g/mol. The molecule has 6 heteroatoms. The molecular formula is C38H21N2O2PtS-. The van der Waals surface area contributed by atoms with Crippen molar-refractivity contribution < 1.29 is 30.6 Å². The quantitative estimate of drug-likeness (QED) is 0.182. The topological polar surface area (TPSA) is 59.2 Å². The Balaban J connectivity index is 0.00000289. The second kappa shape index (κ2) is 10.4. The number of thiophene rings is 1. The molecule has 44 heavy (non-hydrogen) atoms. The predicted molar refractivity (Wildman–Crippen MR) is 177 cm³/mol. The zero-order valence-electron chi connectivity index (χ0n) is 23.0. The fraction of sp³-hybridized carbons (Fsp3) is 0. The molecule has 0 radical (unpaired) electrons. The molecule has 1 N–H and O–H groups in total. The van der Waals surface area contributed by atoms with Gasteiger partial charge in [-0.3, -0.25) is 4.98 Å². The van der Waals surface area contributed by atoms with E-state index in [9.17, 15) is 5.11 Å². The molecule has 0 saturated carbocycles. The van der Waals surface area contributed by atoms with Crippen molar-refractivity contribution in [3.63, 3.8) is 0 Å². The number of para-hydroxylation sites is 1. The summed E-state index contributed by atoms with van der Waals surface area (Å²) in [6.07, 6.45) is 0. The second-order valence-corrected chi connectivity index (χ2v) is 11.6. The summed E-state index contributed by atoms with van der Waals surface area (Å²) >= 11 is 1.68. The van der Waals surface area contributed by atoms with Crippen LogP contribution in [0.4, 0.5) is 0 Å². The molecule has 4 heterocycles. The Labute approximate surface area is 270 Å². The number of hydrogen-bond donors (Lipinski definition) is 1. The van der Waals surface area contributed by atoms with Crippen molar-refractivity contribution >= 4 is 64.2 Å². The SMILES string of the molecule is Oc1c(-c2nc(-c3cccc(-c4[c-]cccc4)n3)cc3c2sc2ccccc23)c2oc3ccccc3c2c2ccccc12.[Pt]. The maximum atomic E-state index is 12.0. The minimum Gasteiger partial charge on any atom is -0.506 e. The first-order valence-electron chi connectivity index (χ1n) is 14.1. The van der Waals surface area contributed by atoms with Gasteiger partial charge in [0, 0.05) is 52.7 Å². The van der Waals surface area contributed by atoms with Crippen LogP contribution in [0.15, 0.2) is 126 Å². The summed E-state index contributed by atoms with van der Waals surface area (Å²) in [5, 5.41) is 17.9. The van der Waals surface area contributed by atoms with Crippen LogP contribution in [-0.2, 0) is 21.1 Å². The number of furan rings is 1. The van der Waals surface area contributed by atoms with Crippen LogP contribution in [0.2, 0.25) is 0 Å².